The molecule has 0 aliphatic heterocycles. The number of aromatic amines is 1. The van der Waals surface area contributed by atoms with Crippen molar-refractivity contribution in [1.82, 2.24) is 10.3 Å². The number of rotatable bonds is 4. The number of nitrogens with one attached hydrogen (secondary N) is 2. The predicted octanol–water partition coefficient (Wildman–Crippen LogP) is 3.94. The van der Waals surface area contributed by atoms with E-state index in [4.69, 9.17) is 6.42 Å². The first-order valence-corrected chi connectivity index (χ1v) is 7.65. The highest BCUT2D eigenvalue weighted by Gasteiger charge is 2.25. The minimum atomic E-state index is 0.183. The van der Waals surface area contributed by atoms with Crippen LogP contribution in [0.2, 0.25) is 0 Å². The molecule has 0 radical (unpaired) electrons. The molecule has 1 aliphatic carbocycles. The van der Waals surface area contributed by atoms with Gasteiger partial charge in [-0.15, -0.1) is 6.42 Å². The van der Waals surface area contributed by atoms with Crippen molar-refractivity contribution >= 4 is 10.9 Å². The van der Waals surface area contributed by atoms with Crippen molar-refractivity contribution in [2.75, 3.05) is 0 Å². The zero-order valence-electron chi connectivity index (χ0n) is 12.1. The molecule has 0 spiro atoms. The molecule has 1 aromatic carbocycles. The van der Waals surface area contributed by atoms with Gasteiger partial charge in [-0.25, -0.2) is 0 Å². The van der Waals surface area contributed by atoms with Crippen LogP contribution in [0.5, 0.6) is 0 Å². The van der Waals surface area contributed by atoms with E-state index in [1.54, 1.807) is 0 Å². The van der Waals surface area contributed by atoms with Gasteiger partial charge in [-0.05, 0) is 37.3 Å². The lowest BCUT2D eigenvalue weighted by molar-refractivity contribution is 0.415. The molecular formula is C18H22N2. The van der Waals surface area contributed by atoms with E-state index >= 15 is 0 Å². The van der Waals surface area contributed by atoms with E-state index in [-0.39, 0.29) is 6.04 Å². The van der Waals surface area contributed by atoms with Gasteiger partial charge in [0.25, 0.3) is 0 Å². The van der Waals surface area contributed by atoms with E-state index in [0.717, 1.165) is 12.8 Å². The number of terminal acetylenes is 1. The Kier molecular flexibility index (Phi) is 3.80. The number of benzene rings is 1. The second-order valence-electron chi connectivity index (χ2n) is 5.68. The fraction of sp³-hybridized carbons (Fsp3) is 0.444. The summed E-state index contributed by atoms with van der Waals surface area (Å²) in [4.78, 5) is 3.61. The Morgan fingerprint density at radius 2 is 2.30 bits per heavy atom. The van der Waals surface area contributed by atoms with Crippen molar-refractivity contribution in [2.45, 2.75) is 51.1 Å². The molecule has 1 aliphatic rings. The monoisotopic (exact) mass is 266 g/mol. The summed E-state index contributed by atoms with van der Waals surface area (Å²) < 4.78 is 0. The number of H-pyrrole nitrogens is 1. The van der Waals surface area contributed by atoms with Crippen molar-refractivity contribution < 1.29 is 0 Å². The van der Waals surface area contributed by atoms with Gasteiger partial charge >= 0.3 is 0 Å². The van der Waals surface area contributed by atoms with E-state index in [2.05, 4.69) is 47.4 Å². The zero-order chi connectivity index (χ0) is 13.9. The van der Waals surface area contributed by atoms with E-state index in [1.807, 2.05) is 0 Å². The molecule has 3 rings (SSSR count). The molecule has 104 valence electrons. The molecule has 0 amide bonds. The van der Waals surface area contributed by atoms with E-state index in [0.29, 0.717) is 6.04 Å². The molecule has 1 aromatic heterocycles. The molecule has 0 fully saturated rings. The molecular weight excluding hydrogens is 244 g/mol. The smallest absolute Gasteiger partial charge is 0.0692 e. The molecule has 2 atom stereocenters. The van der Waals surface area contributed by atoms with Gasteiger partial charge < -0.3 is 4.98 Å². The first-order valence-electron chi connectivity index (χ1n) is 7.65. The standard InChI is InChI=1S/C18H22N2/c1-3-8-13(4-2)19-17-12-7-10-15-14-9-5-6-11-16(14)20-18(15)17/h2,5-6,9,11,13,17,19-20H,3,7-8,10,12H2,1H3. The predicted molar refractivity (Wildman–Crippen MR) is 84.6 cm³/mol. The number of fused-ring (bicyclic) bond motifs is 3. The van der Waals surface area contributed by atoms with Gasteiger partial charge in [-0.1, -0.05) is 37.5 Å². The van der Waals surface area contributed by atoms with Crippen molar-refractivity contribution in [3.05, 3.63) is 35.5 Å². The number of para-hydroxylation sites is 1. The number of hydrogen-bond donors (Lipinski definition) is 2. The Hall–Kier alpha value is -1.72. The third-order valence-electron chi connectivity index (χ3n) is 4.30. The minimum absolute atomic E-state index is 0.183. The van der Waals surface area contributed by atoms with Crippen LogP contribution in [0.1, 0.15) is 49.9 Å². The van der Waals surface area contributed by atoms with Crippen LogP contribution in [0.3, 0.4) is 0 Å². The highest BCUT2D eigenvalue weighted by Crippen LogP contribution is 2.34. The van der Waals surface area contributed by atoms with Crippen molar-refractivity contribution in [3.8, 4) is 12.3 Å². The maximum Gasteiger partial charge on any atom is 0.0692 e. The fourth-order valence-corrected chi connectivity index (χ4v) is 3.33. The molecule has 2 unspecified atom stereocenters. The molecule has 0 saturated heterocycles. The Balaban J connectivity index is 1.92. The van der Waals surface area contributed by atoms with Gasteiger partial charge in [0, 0.05) is 22.6 Å². The minimum Gasteiger partial charge on any atom is -0.357 e. The van der Waals surface area contributed by atoms with Crippen LogP contribution in [0.4, 0.5) is 0 Å². The zero-order valence-corrected chi connectivity index (χ0v) is 12.1. The third kappa shape index (κ3) is 2.34. The molecule has 2 N–H and O–H groups in total. The summed E-state index contributed by atoms with van der Waals surface area (Å²) in [5.74, 6) is 2.89. The van der Waals surface area contributed by atoms with Gasteiger partial charge in [-0.3, -0.25) is 5.32 Å². The van der Waals surface area contributed by atoms with E-state index in [1.165, 1.54) is 41.4 Å². The first-order chi connectivity index (χ1) is 9.83. The first kappa shape index (κ1) is 13.3. The SMILES string of the molecule is C#CC(CCC)NC1CCCc2c1[nH]c1ccccc21. The molecule has 2 heteroatoms. The summed E-state index contributed by atoms with van der Waals surface area (Å²) in [6, 6.07) is 9.15. The molecule has 20 heavy (non-hydrogen) atoms. The second-order valence-corrected chi connectivity index (χ2v) is 5.68. The number of hydrogen-bond acceptors (Lipinski definition) is 1. The quantitative estimate of drug-likeness (QED) is 0.806. The Bertz CT molecular complexity index is 632. The Labute approximate surface area is 121 Å². The number of aryl methyl sites for hydroxylation is 1. The topological polar surface area (TPSA) is 27.8 Å². The summed E-state index contributed by atoms with van der Waals surface area (Å²) in [5.41, 5.74) is 4.09. The molecule has 2 nitrogen and oxygen atoms in total. The maximum atomic E-state index is 5.65. The lowest BCUT2D eigenvalue weighted by atomic mass is 9.91. The van der Waals surface area contributed by atoms with Crippen LogP contribution < -0.4 is 5.32 Å². The van der Waals surface area contributed by atoms with Crippen LogP contribution in [-0.2, 0) is 6.42 Å². The van der Waals surface area contributed by atoms with Crippen LogP contribution in [0, 0.1) is 12.3 Å². The van der Waals surface area contributed by atoms with E-state index < -0.39 is 0 Å². The summed E-state index contributed by atoms with van der Waals surface area (Å²) in [6.07, 6.45) is 11.4. The summed E-state index contributed by atoms with van der Waals surface area (Å²) in [7, 11) is 0. The van der Waals surface area contributed by atoms with Gasteiger partial charge in [0.1, 0.15) is 0 Å². The van der Waals surface area contributed by atoms with Gasteiger partial charge in [0.2, 0.25) is 0 Å². The molecule has 0 saturated carbocycles. The largest absolute Gasteiger partial charge is 0.357 e. The number of aromatic nitrogens is 1. The maximum absolute atomic E-state index is 5.65. The van der Waals surface area contributed by atoms with Gasteiger partial charge in [-0.2, -0.15) is 0 Å². The Morgan fingerprint density at radius 3 is 3.10 bits per heavy atom. The molecule has 0 bridgehead atoms. The fourth-order valence-electron chi connectivity index (χ4n) is 3.33. The van der Waals surface area contributed by atoms with Crippen LogP contribution in [0.25, 0.3) is 10.9 Å². The lowest BCUT2D eigenvalue weighted by Gasteiger charge is -2.26. The molecule has 1 heterocycles. The average Bonchev–Trinajstić information content (AvgIpc) is 2.86. The van der Waals surface area contributed by atoms with Gasteiger partial charge in [0.15, 0.2) is 0 Å². The van der Waals surface area contributed by atoms with Crippen molar-refractivity contribution in [2.24, 2.45) is 0 Å². The van der Waals surface area contributed by atoms with Crippen LogP contribution in [0.15, 0.2) is 24.3 Å². The third-order valence-corrected chi connectivity index (χ3v) is 4.30. The highest BCUT2D eigenvalue weighted by molar-refractivity contribution is 5.85. The molecule has 2 aromatic rings. The van der Waals surface area contributed by atoms with Crippen LogP contribution in [-0.4, -0.2) is 11.0 Å². The summed E-state index contributed by atoms with van der Waals surface area (Å²) >= 11 is 0. The van der Waals surface area contributed by atoms with Crippen LogP contribution >= 0.6 is 0 Å². The van der Waals surface area contributed by atoms with Crippen molar-refractivity contribution in [1.29, 1.82) is 0 Å². The normalized spacial score (nSPS) is 19.5. The lowest BCUT2D eigenvalue weighted by Crippen LogP contribution is -2.33. The summed E-state index contributed by atoms with van der Waals surface area (Å²) in [5, 5.41) is 5.03. The Morgan fingerprint density at radius 1 is 1.45 bits per heavy atom. The highest BCUT2D eigenvalue weighted by atomic mass is 15.0. The van der Waals surface area contributed by atoms with E-state index in [9.17, 15) is 0 Å². The summed E-state index contributed by atoms with van der Waals surface area (Å²) in [6.45, 7) is 2.18. The second kappa shape index (κ2) is 5.73. The average molecular weight is 266 g/mol. The van der Waals surface area contributed by atoms with Gasteiger partial charge in [0.05, 0.1) is 6.04 Å². The van der Waals surface area contributed by atoms with Crippen molar-refractivity contribution in [3.63, 3.8) is 0 Å².